The lowest BCUT2D eigenvalue weighted by atomic mass is 9.84. The van der Waals surface area contributed by atoms with Gasteiger partial charge in [-0.2, -0.15) is 0 Å². The highest BCUT2D eigenvalue weighted by Crippen LogP contribution is 2.41. The summed E-state index contributed by atoms with van der Waals surface area (Å²) in [6, 6.07) is 0. The van der Waals surface area contributed by atoms with Crippen LogP contribution in [0.25, 0.3) is 0 Å². The molecule has 1 aromatic rings. The van der Waals surface area contributed by atoms with Crippen LogP contribution in [0.1, 0.15) is 44.6 Å². The predicted octanol–water partition coefficient (Wildman–Crippen LogP) is 1.59. The molecule has 2 aliphatic heterocycles. The zero-order chi connectivity index (χ0) is 14.9. The first kappa shape index (κ1) is 14.9. The van der Waals surface area contributed by atoms with Crippen molar-refractivity contribution in [1.29, 1.82) is 0 Å². The van der Waals surface area contributed by atoms with Crippen LogP contribution in [-0.4, -0.2) is 57.4 Å². The predicted molar refractivity (Wildman–Crippen MR) is 80.0 cm³/mol. The lowest BCUT2D eigenvalue weighted by Crippen LogP contribution is -2.51. The van der Waals surface area contributed by atoms with Crippen molar-refractivity contribution in [3.8, 4) is 0 Å². The quantitative estimate of drug-likeness (QED) is 0.916. The number of piperidine rings is 1. The van der Waals surface area contributed by atoms with Crippen molar-refractivity contribution in [2.45, 2.75) is 50.2 Å². The highest BCUT2D eigenvalue weighted by atomic mass is 16.5. The van der Waals surface area contributed by atoms with Gasteiger partial charge >= 0.3 is 0 Å². The van der Waals surface area contributed by atoms with Crippen LogP contribution in [0.3, 0.4) is 0 Å². The zero-order valence-electron chi connectivity index (χ0n) is 13.0. The van der Waals surface area contributed by atoms with Gasteiger partial charge < -0.3 is 9.84 Å². The van der Waals surface area contributed by atoms with E-state index in [-0.39, 0.29) is 5.60 Å². The van der Waals surface area contributed by atoms with Crippen molar-refractivity contribution in [1.82, 2.24) is 14.9 Å². The second-order valence-electron chi connectivity index (χ2n) is 7.19. The third-order valence-corrected chi connectivity index (χ3v) is 4.49. The fraction of sp³-hybridized carbons (Fsp3) is 0.750. The van der Waals surface area contributed by atoms with Gasteiger partial charge in [0.1, 0.15) is 6.33 Å². The average Bonchev–Trinajstić information content (AvgIpc) is 2.81. The highest BCUT2D eigenvalue weighted by Gasteiger charge is 2.44. The Bertz CT molecular complexity index is 474. The van der Waals surface area contributed by atoms with E-state index in [1.54, 1.807) is 6.33 Å². The Labute approximate surface area is 126 Å². The van der Waals surface area contributed by atoms with E-state index in [1.165, 1.54) is 5.56 Å². The Kier molecular flexibility index (Phi) is 3.99. The van der Waals surface area contributed by atoms with Gasteiger partial charge in [0.2, 0.25) is 0 Å². The molecular weight excluding hydrogens is 266 g/mol. The monoisotopic (exact) mass is 291 g/mol. The standard InChI is InChI=1S/C16H25N3O2/c1-15(2,20)10-19-5-3-4-16(11-19)6-13(9-21-16)14-7-17-12-18-8-14/h7-8,12-13,20H,3-6,9-11H2,1-2H3/t13-,16+/m0/s1. The van der Waals surface area contributed by atoms with E-state index in [2.05, 4.69) is 14.9 Å². The van der Waals surface area contributed by atoms with Crippen LogP contribution in [0.5, 0.6) is 0 Å². The first-order valence-corrected chi connectivity index (χ1v) is 7.79. The molecule has 0 unspecified atom stereocenters. The Balaban J connectivity index is 1.66. The van der Waals surface area contributed by atoms with Gasteiger partial charge in [-0.3, -0.25) is 4.90 Å². The van der Waals surface area contributed by atoms with E-state index in [1.807, 2.05) is 26.2 Å². The fourth-order valence-corrected chi connectivity index (χ4v) is 3.74. The van der Waals surface area contributed by atoms with Crippen LogP contribution < -0.4 is 0 Å². The van der Waals surface area contributed by atoms with Crippen molar-refractivity contribution in [2.75, 3.05) is 26.2 Å². The maximum absolute atomic E-state index is 10.0. The Hall–Kier alpha value is -1.04. The van der Waals surface area contributed by atoms with Gasteiger partial charge in [0, 0.05) is 31.4 Å². The minimum Gasteiger partial charge on any atom is -0.389 e. The minimum absolute atomic E-state index is 0.0516. The number of aliphatic hydroxyl groups is 1. The van der Waals surface area contributed by atoms with E-state index < -0.39 is 5.60 Å². The summed E-state index contributed by atoms with van der Waals surface area (Å²) in [4.78, 5) is 10.6. The first-order valence-electron chi connectivity index (χ1n) is 7.79. The number of β-amino-alcohol motifs (C(OH)–C–C–N with tert-alkyl or cyclic N) is 1. The summed E-state index contributed by atoms with van der Waals surface area (Å²) in [5.74, 6) is 0.397. The van der Waals surface area contributed by atoms with Crippen molar-refractivity contribution in [2.24, 2.45) is 0 Å². The Morgan fingerprint density at radius 2 is 2.19 bits per heavy atom. The maximum Gasteiger partial charge on any atom is 0.115 e. The molecule has 3 heterocycles. The second kappa shape index (κ2) is 5.63. The van der Waals surface area contributed by atoms with Gasteiger partial charge in [0.15, 0.2) is 0 Å². The molecule has 0 bridgehead atoms. The lowest BCUT2D eigenvalue weighted by molar-refractivity contribution is -0.0684. The summed E-state index contributed by atoms with van der Waals surface area (Å²) in [5, 5.41) is 10.0. The van der Waals surface area contributed by atoms with Gasteiger partial charge in [-0.15, -0.1) is 0 Å². The Morgan fingerprint density at radius 3 is 2.90 bits per heavy atom. The summed E-state index contributed by atoms with van der Waals surface area (Å²) in [6.07, 6.45) is 8.64. The molecule has 1 spiro atoms. The molecule has 0 saturated carbocycles. The van der Waals surface area contributed by atoms with Crippen LogP contribution in [0, 0.1) is 0 Å². The molecule has 5 nitrogen and oxygen atoms in total. The third kappa shape index (κ3) is 3.59. The van der Waals surface area contributed by atoms with Gasteiger partial charge in [-0.05, 0) is 45.2 Å². The summed E-state index contributed by atoms with van der Waals surface area (Å²) in [6.45, 7) is 7.16. The molecule has 0 radical (unpaired) electrons. The average molecular weight is 291 g/mol. The smallest absolute Gasteiger partial charge is 0.115 e. The fourth-order valence-electron chi connectivity index (χ4n) is 3.74. The largest absolute Gasteiger partial charge is 0.389 e. The van der Waals surface area contributed by atoms with Crippen LogP contribution in [-0.2, 0) is 4.74 Å². The molecule has 0 aromatic carbocycles. The molecule has 116 valence electrons. The van der Waals surface area contributed by atoms with Crippen LogP contribution in [0.2, 0.25) is 0 Å². The van der Waals surface area contributed by atoms with Crippen molar-refractivity contribution in [3.63, 3.8) is 0 Å². The van der Waals surface area contributed by atoms with E-state index in [4.69, 9.17) is 4.74 Å². The molecule has 2 atom stereocenters. The second-order valence-corrected chi connectivity index (χ2v) is 7.19. The zero-order valence-corrected chi connectivity index (χ0v) is 13.0. The lowest BCUT2D eigenvalue weighted by Gasteiger charge is -2.41. The number of aromatic nitrogens is 2. The van der Waals surface area contributed by atoms with Gasteiger partial charge in [0.25, 0.3) is 0 Å². The minimum atomic E-state index is -0.649. The molecule has 2 aliphatic rings. The summed E-state index contributed by atoms with van der Waals surface area (Å²) in [5.41, 5.74) is 0.474. The summed E-state index contributed by atoms with van der Waals surface area (Å²) < 4.78 is 6.21. The number of hydrogen-bond acceptors (Lipinski definition) is 5. The molecular formula is C16H25N3O2. The molecule has 1 aromatic heterocycles. The summed E-state index contributed by atoms with van der Waals surface area (Å²) >= 11 is 0. The number of nitrogens with zero attached hydrogens (tertiary/aromatic N) is 3. The van der Waals surface area contributed by atoms with Crippen molar-refractivity contribution < 1.29 is 9.84 Å². The molecule has 0 amide bonds. The molecule has 2 fully saturated rings. The molecule has 21 heavy (non-hydrogen) atoms. The highest BCUT2D eigenvalue weighted by molar-refractivity contribution is 5.15. The van der Waals surface area contributed by atoms with Crippen molar-refractivity contribution >= 4 is 0 Å². The van der Waals surface area contributed by atoms with E-state index in [0.29, 0.717) is 12.5 Å². The van der Waals surface area contributed by atoms with E-state index in [9.17, 15) is 5.11 Å². The van der Waals surface area contributed by atoms with Gasteiger partial charge in [0.05, 0.1) is 17.8 Å². The summed E-state index contributed by atoms with van der Waals surface area (Å²) in [7, 11) is 0. The first-order chi connectivity index (χ1) is 9.96. The van der Waals surface area contributed by atoms with Gasteiger partial charge in [-0.25, -0.2) is 9.97 Å². The number of hydrogen-bond donors (Lipinski definition) is 1. The van der Waals surface area contributed by atoms with Crippen molar-refractivity contribution in [3.05, 3.63) is 24.3 Å². The number of ether oxygens (including phenoxy) is 1. The molecule has 0 aliphatic carbocycles. The van der Waals surface area contributed by atoms with E-state index >= 15 is 0 Å². The van der Waals surface area contributed by atoms with Crippen LogP contribution in [0.4, 0.5) is 0 Å². The van der Waals surface area contributed by atoms with Crippen LogP contribution in [0.15, 0.2) is 18.7 Å². The molecule has 2 saturated heterocycles. The van der Waals surface area contributed by atoms with E-state index in [0.717, 1.165) is 39.0 Å². The molecule has 3 rings (SSSR count). The topological polar surface area (TPSA) is 58.5 Å². The molecule has 5 heteroatoms. The normalized spacial score (nSPS) is 30.9. The SMILES string of the molecule is CC(C)(O)CN1CCC[C@@]2(C[C@H](c3cncnc3)CO2)C1. The third-order valence-electron chi connectivity index (χ3n) is 4.49. The molecule has 1 N–H and O–H groups in total. The number of rotatable bonds is 3. The number of likely N-dealkylation sites (tertiary alicyclic amines) is 1. The maximum atomic E-state index is 10.0. The Morgan fingerprint density at radius 1 is 1.43 bits per heavy atom. The van der Waals surface area contributed by atoms with Gasteiger partial charge in [-0.1, -0.05) is 0 Å². The van der Waals surface area contributed by atoms with Crippen LogP contribution >= 0.6 is 0 Å².